The minimum atomic E-state index is -1.64. The first-order chi connectivity index (χ1) is 8.00. The zero-order valence-electron chi connectivity index (χ0n) is 9.88. The fourth-order valence-corrected chi connectivity index (χ4v) is 1.49. The second kappa shape index (κ2) is 5.46. The summed E-state index contributed by atoms with van der Waals surface area (Å²) in [6.45, 7) is 2.78. The molecule has 0 spiro atoms. The molecule has 0 aliphatic rings. The van der Waals surface area contributed by atoms with Gasteiger partial charge in [0.1, 0.15) is 6.07 Å². The molecule has 0 unspecified atom stereocenters. The van der Waals surface area contributed by atoms with Gasteiger partial charge in [-0.2, -0.15) is 5.26 Å². The summed E-state index contributed by atoms with van der Waals surface area (Å²) in [6, 6.07) is 10.9. The van der Waals surface area contributed by atoms with Crippen LogP contribution in [0.3, 0.4) is 0 Å². The molecule has 1 aromatic carbocycles. The smallest absolute Gasteiger partial charge is 0.339 e. The van der Waals surface area contributed by atoms with Crippen molar-refractivity contribution in [3.8, 4) is 6.07 Å². The fourth-order valence-electron chi connectivity index (χ4n) is 1.49. The molecule has 0 radical (unpaired) electrons. The van der Waals surface area contributed by atoms with Crippen LogP contribution in [0.5, 0.6) is 0 Å². The van der Waals surface area contributed by atoms with Crippen molar-refractivity contribution in [3.63, 3.8) is 0 Å². The number of carbonyl (C=O) groups excluding carboxylic acids is 1. The number of nitrogens with zero attached hydrogens (tertiary/aromatic N) is 1. The Bertz CT molecular complexity index is 420. The Kier molecular flexibility index (Phi) is 4.24. The maximum Gasteiger partial charge on any atom is 0.339 e. The average Bonchev–Trinajstić information content (AvgIpc) is 2.35. The number of aliphatic hydroxyl groups is 1. The Morgan fingerprint density at radius 3 is 2.65 bits per heavy atom. The van der Waals surface area contributed by atoms with Crippen molar-refractivity contribution in [1.82, 2.24) is 0 Å². The summed E-state index contributed by atoms with van der Waals surface area (Å²) in [5, 5.41) is 18.5. The lowest BCUT2D eigenvalue weighted by molar-refractivity contribution is -0.164. The quantitative estimate of drug-likeness (QED) is 0.802. The van der Waals surface area contributed by atoms with E-state index >= 15 is 0 Å². The van der Waals surface area contributed by atoms with Crippen LogP contribution in [0.1, 0.15) is 25.3 Å². The van der Waals surface area contributed by atoms with Crippen LogP contribution < -0.4 is 0 Å². The number of benzene rings is 1. The van der Waals surface area contributed by atoms with E-state index in [4.69, 9.17) is 5.26 Å². The summed E-state index contributed by atoms with van der Waals surface area (Å²) >= 11 is 0. The maximum absolute atomic E-state index is 11.6. The largest absolute Gasteiger partial charge is 0.448 e. The van der Waals surface area contributed by atoms with Crippen molar-refractivity contribution >= 4 is 5.97 Å². The third-order valence-electron chi connectivity index (χ3n) is 2.82. The molecule has 1 aromatic rings. The van der Waals surface area contributed by atoms with Crippen molar-refractivity contribution < 1.29 is 14.6 Å². The molecule has 0 aliphatic heterocycles. The molecule has 0 bridgehead atoms. The molecule has 17 heavy (non-hydrogen) atoms. The van der Waals surface area contributed by atoms with Gasteiger partial charge >= 0.3 is 5.97 Å². The van der Waals surface area contributed by atoms with Crippen LogP contribution in [0.25, 0.3) is 0 Å². The number of carbonyl (C=O) groups is 1. The molecule has 1 N–H and O–H groups in total. The summed E-state index contributed by atoms with van der Waals surface area (Å²) in [6.07, 6.45) is 0. The van der Waals surface area contributed by atoms with Crippen LogP contribution >= 0.6 is 0 Å². The van der Waals surface area contributed by atoms with E-state index < -0.39 is 17.5 Å². The van der Waals surface area contributed by atoms with Crippen molar-refractivity contribution in [2.45, 2.75) is 25.4 Å². The average molecular weight is 233 g/mol. The van der Waals surface area contributed by atoms with E-state index in [9.17, 15) is 9.90 Å². The monoisotopic (exact) mass is 233 g/mol. The van der Waals surface area contributed by atoms with E-state index in [-0.39, 0.29) is 6.61 Å². The molecule has 0 heterocycles. The first-order valence-electron chi connectivity index (χ1n) is 5.31. The molecule has 0 fully saturated rings. The molecule has 0 amide bonds. The van der Waals surface area contributed by atoms with E-state index in [0.717, 1.165) is 5.56 Å². The lowest BCUT2D eigenvalue weighted by atomic mass is 9.85. The molecule has 4 nitrogen and oxygen atoms in total. The molecule has 0 aromatic heterocycles. The molecular weight excluding hydrogens is 218 g/mol. The predicted octanol–water partition coefficient (Wildman–Crippen LogP) is 1.61. The first-order valence-corrected chi connectivity index (χ1v) is 5.31. The highest BCUT2D eigenvalue weighted by Crippen LogP contribution is 2.28. The lowest BCUT2D eigenvalue weighted by Gasteiger charge is -2.27. The zero-order chi connectivity index (χ0) is 12.9. The summed E-state index contributed by atoms with van der Waals surface area (Å²) in [4.78, 5) is 11.6. The minimum absolute atomic E-state index is 0.351. The van der Waals surface area contributed by atoms with Crippen molar-refractivity contribution in [3.05, 3.63) is 35.9 Å². The summed E-state index contributed by atoms with van der Waals surface area (Å²) in [5.74, 6) is -1.19. The number of hydrogen-bond donors (Lipinski definition) is 1. The normalized spacial score (nSPS) is 15.4. The molecule has 0 saturated carbocycles. The molecule has 90 valence electrons. The zero-order valence-corrected chi connectivity index (χ0v) is 9.88. The highest BCUT2D eigenvalue weighted by Gasteiger charge is 2.38. The number of rotatable bonds is 4. The SMILES string of the molecule is C[C@H](c1ccccc1)[C@@](C)(O)C(=O)OCC#N. The topological polar surface area (TPSA) is 70.3 Å². The van der Waals surface area contributed by atoms with Gasteiger partial charge in [-0.1, -0.05) is 37.3 Å². The summed E-state index contributed by atoms with van der Waals surface area (Å²) in [7, 11) is 0. The number of nitriles is 1. The van der Waals surface area contributed by atoms with E-state index in [1.807, 2.05) is 30.3 Å². The van der Waals surface area contributed by atoms with Gasteiger partial charge in [-0.15, -0.1) is 0 Å². The Morgan fingerprint density at radius 2 is 2.12 bits per heavy atom. The third-order valence-corrected chi connectivity index (χ3v) is 2.82. The van der Waals surface area contributed by atoms with Crippen LogP contribution in [0.2, 0.25) is 0 Å². The molecule has 1 rings (SSSR count). The summed E-state index contributed by atoms with van der Waals surface area (Å²) < 4.78 is 4.65. The van der Waals surface area contributed by atoms with Crippen molar-refractivity contribution in [2.75, 3.05) is 6.61 Å². The number of hydrogen-bond acceptors (Lipinski definition) is 4. The Labute approximate surface area is 100 Å². The highest BCUT2D eigenvalue weighted by molar-refractivity contribution is 5.80. The lowest BCUT2D eigenvalue weighted by Crippen LogP contribution is -2.41. The molecule has 4 heteroatoms. The van der Waals surface area contributed by atoms with Crippen LogP contribution in [-0.4, -0.2) is 23.3 Å². The van der Waals surface area contributed by atoms with Gasteiger partial charge < -0.3 is 9.84 Å². The molecule has 0 aliphatic carbocycles. The molecular formula is C13H15NO3. The van der Waals surface area contributed by atoms with Gasteiger partial charge in [-0.3, -0.25) is 0 Å². The van der Waals surface area contributed by atoms with E-state index in [2.05, 4.69) is 4.74 Å². The van der Waals surface area contributed by atoms with Gasteiger partial charge in [0.15, 0.2) is 12.2 Å². The Morgan fingerprint density at radius 1 is 1.53 bits per heavy atom. The standard InChI is InChI=1S/C13H15NO3/c1-10(11-6-4-3-5-7-11)13(2,16)12(15)17-9-8-14/h3-7,10,16H,9H2,1-2H3/t10-,13-/m1/s1. The van der Waals surface area contributed by atoms with Gasteiger partial charge in [0.2, 0.25) is 0 Å². The fraction of sp³-hybridized carbons (Fsp3) is 0.385. The second-order valence-corrected chi connectivity index (χ2v) is 4.01. The Balaban J connectivity index is 2.83. The Hall–Kier alpha value is -1.86. The first kappa shape index (κ1) is 13.2. The number of esters is 1. The summed E-state index contributed by atoms with van der Waals surface area (Å²) in [5.41, 5.74) is -0.801. The van der Waals surface area contributed by atoms with Crippen LogP contribution in [-0.2, 0) is 9.53 Å². The minimum Gasteiger partial charge on any atom is -0.448 e. The third kappa shape index (κ3) is 3.05. The molecule has 0 saturated heterocycles. The molecule has 2 atom stereocenters. The van der Waals surface area contributed by atoms with Gasteiger partial charge in [0.05, 0.1) is 0 Å². The van der Waals surface area contributed by atoms with Gasteiger partial charge in [-0.25, -0.2) is 4.79 Å². The maximum atomic E-state index is 11.6. The van der Waals surface area contributed by atoms with Gasteiger partial charge in [0.25, 0.3) is 0 Å². The number of ether oxygens (including phenoxy) is 1. The van der Waals surface area contributed by atoms with Crippen LogP contribution in [0, 0.1) is 11.3 Å². The van der Waals surface area contributed by atoms with Crippen molar-refractivity contribution in [1.29, 1.82) is 5.26 Å². The van der Waals surface area contributed by atoms with E-state index in [1.54, 1.807) is 13.0 Å². The van der Waals surface area contributed by atoms with E-state index in [1.165, 1.54) is 6.92 Å². The van der Waals surface area contributed by atoms with E-state index in [0.29, 0.717) is 0 Å². The van der Waals surface area contributed by atoms with Crippen LogP contribution in [0.4, 0.5) is 0 Å². The van der Waals surface area contributed by atoms with Crippen LogP contribution in [0.15, 0.2) is 30.3 Å². The van der Waals surface area contributed by atoms with Gasteiger partial charge in [0, 0.05) is 5.92 Å². The predicted molar refractivity (Wildman–Crippen MR) is 62.1 cm³/mol. The highest BCUT2D eigenvalue weighted by atomic mass is 16.5. The second-order valence-electron chi connectivity index (χ2n) is 4.01. The van der Waals surface area contributed by atoms with Crippen molar-refractivity contribution in [2.24, 2.45) is 0 Å². The van der Waals surface area contributed by atoms with Gasteiger partial charge in [-0.05, 0) is 12.5 Å².